The lowest BCUT2D eigenvalue weighted by Gasteiger charge is -2.34. The number of aldehydes is 2. The van der Waals surface area contributed by atoms with E-state index >= 15 is 0 Å². The number of aliphatic hydroxyl groups excluding tert-OH is 3. The molecule has 0 radical (unpaired) electrons. The molecule has 0 fully saturated rings. The smallest absolute Gasteiger partial charge is 0.234 e. The molecule has 0 saturated carbocycles. The lowest BCUT2D eigenvalue weighted by molar-refractivity contribution is -0.127. The van der Waals surface area contributed by atoms with Gasteiger partial charge in [-0.3, -0.25) is 33.9 Å². The molecule has 0 spiro atoms. The molecule has 0 aromatic rings. The minimum Gasteiger partial charge on any atom is -0.389 e. The Bertz CT molecular complexity index is 1030. The molecule has 0 aromatic heterocycles. The second kappa shape index (κ2) is 34.6. The van der Waals surface area contributed by atoms with Gasteiger partial charge in [0.2, 0.25) is 23.6 Å². The average Bonchev–Trinajstić information content (AvgIpc) is 3.17. The van der Waals surface area contributed by atoms with Gasteiger partial charge in [-0.1, -0.05) is 6.92 Å². The number of nitrogens with two attached hydrogens (primary N) is 4. The van der Waals surface area contributed by atoms with Crippen molar-refractivity contribution in [1.82, 2.24) is 36.0 Å². The van der Waals surface area contributed by atoms with Gasteiger partial charge in [0, 0.05) is 77.4 Å². The van der Waals surface area contributed by atoms with E-state index in [9.17, 15) is 44.1 Å². The molecule has 23 heteroatoms. The maximum Gasteiger partial charge on any atom is 0.234 e. The number of hydrogen-bond donors (Lipinski definition) is 11. The minimum absolute atomic E-state index is 0.00201. The first kappa shape index (κ1) is 54.7. The van der Waals surface area contributed by atoms with Crippen LogP contribution in [0.4, 0.5) is 0 Å². The summed E-state index contributed by atoms with van der Waals surface area (Å²) in [5, 5.41) is 42.9. The van der Waals surface area contributed by atoms with Crippen molar-refractivity contribution >= 4 is 36.2 Å². The van der Waals surface area contributed by atoms with Crippen LogP contribution in [0.15, 0.2) is 0 Å². The van der Waals surface area contributed by atoms with E-state index in [0.717, 1.165) is 0 Å². The Morgan fingerprint density at radius 3 is 1.07 bits per heavy atom. The predicted octanol–water partition coefficient (Wildman–Crippen LogP) is -7.88. The fourth-order valence-corrected chi connectivity index (χ4v) is 5.40. The van der Waals surface area contributed by atoms with Crippen LogP contribution < -0.4 is 44.2 Å². The number of amides is 4. The van der Waals surface area contributed by atoms with E-state index in [0.29, 0.717) is 19.0 Å². The second-order valence-corrected chi connectivity index (χ2v) is 13.8. The number of nitrogens with one attached hydrogen (secondary N) is 4. The van der Waals surface area contributed by atoms with Crippen molar-refractivity contribution in [3.05, 3.63) is 0 Å². The molecule has 0 aliphatic carbocycles. The van der Waals surface area contributed by atoms with Crippen molar-refractivity contribution in [2.24, 2.45) is 28.3 Å². The third-order valence-corrected chi connectivity index (χ3v) is 8.31. The number of rotatable bonds is 39. The lowest BCUT2D eigenvalue weighted by atomic mass is 9.88. The maximum absolute atomic E-state index is 12.4. The molecular weight excluding hydrogens is 766 g/mol. The van der Waals surface area contributed by atoms with Gasteiger partial charge < -0.3 is 83.3 Å². The average molecular weight is 838 g/mol. The molecule has 338 valence electrons. The summed E-state index contributed by atoms with van der Waals surface area (Å²) in [6.45, 7) is 1.97. The van der Waals surface area contributed by atoms with Crippen LogP contribution in [0, 0.1) is 5.41 Å². The van der Waals surface area contributed by atoms with Gasteiger partial charge in [0.25, 0.3) is 0 Å². The summed E-state index contributed by atoms with van der Waals surface area (Å²) in [5.74, 6) is -1.55. The minimum atomic E-state index is -1.14. The van der Waals surface area contributed by atoms with Crippen LogP contribution >= 0.6 is 0 Å². The first-order valence-corrected chi connectivity index (χ1v) is 19.5. The van der Waals surface area contributed by atoms with Gasteiger partial charge in [0.1, 0.15) is 12.6 Å². The summed E-state index contributed by atoms with van der Waals surface area (Å²) in [6, 6.07) is 0. The van der Waals surface area contributed by atoms with Gasteiger partial charge >= 0.3 is 0 Å². The zero-order valence-corrected chi connectivity index (χ0v) is 34.0. The van der Waals surface area contributed by atoms with Crippen LogP contribution in [0.3, 0.4) is 0 Å². The monoisotopic (exact) mass is 838 g/mol. The topological polar surface area (TPSA) is 353 Å². The highest BCUT2D eigenvalue weighted by molar-refractivity contribution is 5.81. The first-order chi connectivity index (χ1) is 27.8. The van der Waals surface area contributed by atoms with Gasteiger partial charge in [-0.25, -0.2) is 0 Å². The molecule has 15 N–H and O–H groups in total. The highest BCUT2D eigenvalue weighted by Gasteiger charge is 2.32. The Balaban J connectivity index is 5.79. The maximum atomic E-state index is 12.4. The molecule has 0 heterocycles. The van der Waals surface area contributed by atoms with E-state index in [2.05, 4.69) is 21.3 Å². The summed E-state index contributed by atoms with van der Waals surface area (Å²) >= 11 is 0. The van der Waals surface area contributed by atoms with Crippen LogP contribution in [0.1, 0.15) is 13.3 Å². The SMILES string of the molecule is CCC(COCC(O)CN(CC=O)CC=O)(COCC(O)CN(CC(=O)NCCN)CC(=O)NCCN)COCC(O)CN(CC(=O)NCCN)CC(=O)NCCN. The molecular formula is C35H71N11O12. The number of carbonyl (C=O) groups is 6. The van der Waals surface area contributed by atoms with Crippen molar-refractivity contribution in [1.29, 1.82) is 0 Å². The van der Waals surface area contributed by atoms with E-state index in [1.165, 1.54) is 14.7 Å². The molecule has 23 nitrogen and oxygen atoms in total. The summed E-state index contributed by atoms with van der Waals surface area (Å²) in [4.78, 5) is 76.0. The third kappa shape index (κ3) is 28.2. The standard InChI is InChI=1S/C35H71N11O12/c1-2-35(25-56-22-28(49)15-44(11-13-47)12-14-48,26-57-23-29(50)16-45(18-31(52)40-7-3-36)19-32(53)41-8-4-37)27-58-24-30(51)17-46(20-33(54)42-9-5-38)21-34(55)43-10-6-39/h13-14,28-30,49-51H,2-12,15-27,36-39H2,1H3,(H,40,52)(H,41,53)(H,42,54)(H,43,55). The van der Waals surface area contributed by atoms with Gasteiger partial charge in [-0.15, -0.1) is 0 Å². The molecule has 0 bridgehead atoms. The van der Waals surface area contributed by atoms with E-state index < -0.39 is 23.7 Å². The first-order valence-electron chi connectivity index (χ1n) is 19.5. The number of nitrogens with zero attached hydrogens (tertiary/aromatic N) is 3. The predicted molar refractivity (Wildman–Crippen MR) is 213 cm³/mol. The molecule has 4 amide bonds. The molecule has 0 saturated heterocycles. The van der Waals surface area contributed by atoms with Gasteiger partial charge in [0.05, 0.1) is 97.2 Å². The van der Waals surface area contributed by atoms with Crippen LogP contribution in [0.25, 0.3) is 0 Å². The molecule has 3 unspecified atom stereocenters. The highest BCUT2D eigenvalue weighted by Crippen LogP contribution is 2.24. The van der Waals surface area contributed by atoms with Crippen LogP contribution in [-0.4, -0.2) is 235 Å². The molecule has 0 aliphatic rings. The molecule has 0 rings (SSSR count). The summed E-state index contributed by atoms with van der Waals surface area (Å²) < 4.78 is 17.8. The van der Waals surface area contributed by atoms with Crippen molar-refractivity contribution in [3.63, 3.8) is 0 Å². The fraction of sp³-hybridized carbons (Fsp3) is 0.829. The fourth-order valence-electron chi connectivity index (χ4n) is 5.40. The van der Waals surface area contributed by atoms with Crippen molar-refractivity contribution in [2.75, 3.05) is 151 Å². The van der Waals surface area contributed by atoms with Gasteiger partial charge in [-0.05, 0) is 6.42 Å². The number of aliphatic hydroxyl groups is 3. The Morgan fingerprint density at radius 2 is 0.828 bits per heavy atom. The molecule has 3 atom stereocenters. The lowest BCUT2D eigenvalue weighted by Crippen LogP contribution is -2.48. The normalized spacial score (nSPS) is 14.1. The quantitative estimate of drug-likeness (QED) is 0.0256. The van der Waals surface area contributed by atoms with Crippen LogP contribution in [-0.2, 0) is 43.0 Å². The van der Waals surface area contributed by atoms with Gasteiger partial charge in [-0.2, -0.15) is 0 Å². The largest absolute Gasteiger partial charge is 0.389 e. The van der Waals surface area contributed by atoms with E-state index in [4.69, 9.17) is 37.1 Å². The third-order valence-electron chi connectivity index (χ3n) is 8.31. The summed E-state index contributed by atoms with van der Waals surface area (Å²) in [7, 11) is 0. The Hall–Kier alpha value is -3.30. The van der Waals surface area contributed by atoms with E-state index in [1.807, 2.05) is 6.92 Å². The molecule has 0 aliphatic heterocycles. The Morgan fingerprint density at radius 1 is 0.552 bits per heavy atom. The van der Waals surface area contributed by atoms with Crippen molar-refractivity contribution < 1.29 is 58.3 Å². The van der Waals surface area contributed by atoms with E-state index in [-0.39, 0.29) is 175 Å². The van der Waals surface area contributed by atoms with Gasteiger partial charge in [0.15, 0.2) is 0 Å². The van der Waals surface area contributed by atoms with E-state index in [1.54, 1.807) is 0 Å². The zero-order chi connectivity index (χ0) is 43.6. The molecule has 0 aromatic carbocycles. The highest BCUT2D eigenvalue weighted by atomic mass is 16.5. The Labute approximate surface area is 341 Å². The molecule has 58 heavy (non-hydrogen) atoms. The number of hydrogen-bond acceptors (Lipinski definition) is 19. The van der Waals surface area contributed by atoms with Crippen LogP contribution in [0.5, 0.6) is 0 Å². The van der Waals surface area contributed by atoms with Crippen molar-refractivity contribution in [3.8, 4) is 0 Å². The van der Waals surface area contributed by atoms with Crippen LogP contribution in [0.2, 0.25) is 0 Å². The summed E-state index contributed by atoms with van der Waals surface area (Å²) in [6.07, 6.45) is -1.68. The van der Waals surface area contributed by atoms with Crippen molar-refractivity contribution in [2.45, 2.75) is 31.7 Å². The second-order valence-electron chi connectivity index (χ2n) is 13.8. The number of carbonyl (C=O) groups excluding carboxylic acids is 6. The summed E-state index contributed by atoms with van der Waals surface area (Å²) in [5.41, 5.74) is 21.0. The number of ether oxygens (including phenoxy) is 3. The zero-order valence-electron chi connectivity index (χ0n) is 34.0. The Kier molecular flexibility index (Phi) is 32.6.